The van der Waals surface area contributed by atoms with Crippen LogP contribution in [0.3, 0.4) is 0 Å². The Hall–Kier alpha value is -2.97. The zero-order valence-electron chi connectivity index (χ0n) is 16.4. The predicted molar refractivity (Wildman–Crippen MR) is 98.8 cm³/mol. The second-order valence-corrected chi connectivity index (χ2v) is 6.54. The van der Waals surface area contributed by atoms with E-state index >= 15 is 0 Å². The molecule has 27 heavy (non-hydrogen) atoms. The maximum atomic E-state index is 12.2. The highest BCUT2D eigenvalue weighted by Crippen LogP contribution is 2.19. The lowest BCUT2D eigenvalue weighted by molar-refractivity contribution is -0.121. The molecule has 0 aromatic carbocycles. The molecule has 1 amide bonds. The summed E-state index contributed by atoms with van der Waals surface area (Å²) in [7, 11) is 1.90. The third-order valence-electron chi connectivity index (χ3n) is 4.57. The molecule has 3 aromatic heterocycles. The molecule has 0 saturated carbocycles. The van der Waals surface area contributed by atoms with E-state index in [4.69, 9.17) is 4.42 Å². The van der Waals surface area contributed by atoms with Crippen LogP contribution in [0.1, 0.15) is 41.9 Å². The highest BCUT2D eigenvalue weighted by atomic mass is 16.4. The first-order valence-electron chi connectivity index (χ1n) is 9.02. The van der Waals surface area contributed by atoms with Gasteiger partial charge in [0.25, 0.3) is 5.89 Å². The first-order valence-corrected chi connectivity index (χ1v) is 9.02. The Morgan fingerprint density at radius 2 is 2.00 bits per heavy atom. The van der Waals surface area contributed by atoms with Crippen molar-refractivity contribution in [3.8, 4) is 11.6 Å². The fourth-order valence-corrected chi connectivity index (χ4v) is 2.99. The largest absolute Gasteiger partial charge is 0.419 e. The molecule has 0 spiro atoms. The van der Waals surface area contributed by atoms with Gasteiger partial charge in [0.15, 0.2) is 0 Å². The molecule has 0 bridgehead atoms. The molecule has 9 nitrogen and oxygen atoms in total. The first-order chi connectivity index (χ1) is 12.9. The molecular formula is C18H25N7O2. The lowest BCUT2D eigenvalue weighted by atomic mass is 10.2. The van der Waals surface area contributed by atoms with E-state index in [9.17, 15) is 4.79 Å². The Balaban J connectivity index is 1.56. The number of aryl methyl sites for hydroxylation is 5. The van der Waals surface area contributed by atoms with Gasteiger partial charge in [-0.2, -0.15) is 10.2 Å². The number of amides is 1. The van der Waals surface area contributed by atoms with Gasteiger partial charge in [-0.3, -0.25) is 14.2 Å². The number of hydrogen-bond donors (Lipinski definition) is 1. The minimum atomic E-state index is -0.0631. The van der Waals surface area contributed by atoms with Crippen molar-refractivity contribution in [3.05, 3.63) is 34.6 Å². The lowest BCUT2D eigenvalue weighted by Crippen LogP contribution is -2.23. The van der Waals surface area contributed by atoms with Crippen LogP contribution in [0, 0.1) is 20.8 Å². The Morgan fingerprint density at radius 3 is 2.67 bits per heavy atom. The fraction of sp³-hybridized carbons (Fsp3) is 0.500. The van der Waals surface area contributed by atoms with Crippen LogP contribution in [0.4, 0.5) is 0 Å². The van der Waals surface area contributed by atoms with Crippen molar-refractivity contribution >= 4 is 5.91 Å². The van der Waals surface area contributed by atoms with Crippen LogP contribution in [-0.2, 0) is 31.4 Å². The number of rotatable bonds is 7. The number of aromatic nitrogens is 6. The van der Waals surface area contributed by atoms with Crippen LogP contribution in [0.2, 0.25) is 0 Å². The summed E-state index contributed by atoms with van der Waals surface area (Å²) in [6.45, 7) is 9.04. The zero-order chi connectivity index (χ0) is 19.6. The van der Waals surface area contributed by atoms with Gasteiger partial charge in [-0.25, -0.2) is 0 Å². The van der Waals surface area contributed by atoms with Crippen molar-refractivity contribution in [2.24, 2.45) is 7.05 Å². The van der Waals surface area contributed by atoms with Gasteiger partial charge in [0, 0.05) is 44.2 Å². The second-order valence-electron chi connectivity index (χ2n) is 6.54. The van der Waals surface area contributed by atoms with E-state index in [0.29, 0.717) is 24.7 Å². The molecule has 0 aliphatic heterocycles. The molecule has 0 radical (unpaired) electrons. The molecule has 0 aliphatic carbocycles. The van der Waals surface area contributed by atoms with Gasteiger partial charge < -0.3 is 9.73 Å². The van der Waals surface area contributed by atoms with Crippen molar-refractivity contribution in [3.63, 3.8) is 0 Å². The molecule has 0 unspecified atom stereocenters. The van der Waals surface area contributed by atoms with E-state index in [1.807, 2.05) is 50.2 Å². The summed E-state index contributed by atoms with van der Waals surface area (Å²) in [5.41, 5.74) is 4.72. The molecular weight excluding hydrogens is 346 g/mol. The monoisotopic (exact) mass is 371 g/mol. The highest BCUT2D eigenvalue weighted by molar-refractivity contribution is 5.76. The van der Waals surface area contributed by atoms with E-state index < -0.39 is 0 Å². The Labute approximate surface area is 157 Å². The second kappa shape index (κ2) is 7.73. The number of hydrogen-bond acceptors (Lipinski definition) is 6. The summed E-state index contributed by atoms with van der Waals surface area (Å²) in [4.78, 5) is 12.2. The highest BCUT2D eigenvalue weighted by Gasteiger charge is 2.15. The Morgan fingerprint density at radius 1 is 1.22 bits per heavy atom. The van der Waals surface area contributed by atoms with Gasteiger partial charge in [-0.05, 0) is 33.8 Å². The van der Waals surface area contributed by atoms with Crippen molar-refractivity contribution in [1.29, 1.82) is 0 Å². The van der Waals surface area contributed by atoms with Crippen LogP contribution in [-0.4, -0.2) is 35.7 Å². The summed E-state index contributed by atoms with van der Waals surface area (Å²) in [6.07, 6.45) is 0.676. The predicted octanol–water partition coefficient (Wildman–Crippen LogP) is 1.86. The average Bonchev–Trinajstić information content (AvgIpc) is 3.30. The van der Waals surface area contributed by atoms with E-state index in [1.54, 1.807) is 0 Å². The van der Waals surface area contributed by atoms with E-state index in [0.717, 1.165) is 34.9 Å². The van der Waals surface area contributed by atoms with Crippen LogP contribution < -0.4 is 5.32 Å². The van der Waals surface area contributed by atoms with Crippen LogP contribution >= 0.6 is 0 Å². The van der Waals surface area contributed by atoms with E-state index in [-0.39, 0.29) is 12.3 Å². The van der Waals surface area contributed by atoms with Gasteiger partial charge in [0.2, 0.25) is 11.8 Å². The van der Waals surface area contributed by atoms with Gasteiger partial charge in [0.1, 0.15) is 5.69 Å². The number of nitrogens with one attached hydrogen (secondary N) is 1. The SMILES string of the molecule is CCn1nc(C)cc1-c1nnc(CCC(=O)NCc2c(C)nn(C)c2C)o1. The van der Waals surface area contributed by atoms with Crippen LogP contribution in [0.25, 0.3) is 11.6 Å². The Kier molecular flexibility index (Phi) is 5.38. The van der Waals surface area contributed by atoms with Crippen molar-refractivity contribution < 1.29 is 9.21 Å². The van der Waals surface area contributed by atoms with Crippen molar-refractivity contribution in [1.82, 2.24) is 35.1 Å². The number of carbonyl (C=O) groups is 1. The minimum Gasteiger partial charge on any atom is -0.419 e. The fourth-order valence-electron chi connectivity index (χ4n) is 2.99. The van der Waals surface area contributed by atoms with Gasteiger partial charge in [-0.1, -0.05) is 0 Å². The molecule has 0 aliphatic rings. The molecule has 3 heterocycles. The maximum Gasteiger partial charge on any atom is 0.265 e. The number of nitrogens with zero attached hydrogens (tertiary/aromatic N) is 6. The van der Waals surface area contributed by atoms with E-state index in [2.05, 4.69) is 25.7 Å². The summed E-state index contributed by atoms with van der Waals surface area (Å²) in [6, 6.07) is 1.91. The molecule has 144 valence electrons. The number of carbonyl (C=O) groups excluding carboxylic acids is 1. The molecule has 0 fully saturated rings. The summed E-state index contributed by atoms with van der Waals surface area (Å²) >= 11 is 0. The third-order valence-corrected chi connectivity index (χ3v) is 4.57. The normalized spacial score (nSPS) is 11.1. The van der Waals surface area contributed by atoms with Crippen molar-refractivity contribution in [2.75, 3.05) is 0 Å². The first kappa shape index (κ1) is 18.8. The minimum absolute atomic E-state index is 0.0631. The molecule has 1 N–H and O–H groups in total. The topological polar surface area (TPSA) is 104 Å². The summed E-state index contributed by atoms with van der Waals surface area (Å²) in [5.74, 6) is 0.803. The van der Waals surface area contributed by atoms with Gasteiger partial charge >= 0.3 is 0 Å². The molecule has 9 heteroatoms. The molecule has 0 atom stereocenters. The van der Waals surface area contributed by atoms with Crippen LogP contribution in [0.5, 0.6) is 0 Å². The van der Waals surface area contributed by atoms with Gasteiger partial charge in [0.05, 0.1) is 11.4 Å². The lowest BCUT2D eigenvalue weighted by Gasteiger charge is -2.05. The van der Waals surface area contributed by atoms with Crippen LogP contribution in [0.15, 0.2) is 10.5 Å². The molecule has 3 aromatic rings. The zero-order valence-corrected chi connectivity index (χ0v) is 16.4. The average molecular weight is 371 g/mol. The van der Waals surface area contributed by atoms with E-state index in [1.165, 1.54) is 0 Å². The molecule has 0 saturated heterocycles. The smallest absolute Gasteiger partial charge is 0.265 e. The quantitative estimate of drug-likeness (QED) is 0.680. The summed E-state index contributed by atoms with van der Waals surface area (Å²) in [5, 5.41) is 19.8. The summed E-state index contributed by atoms with van der Waals surface area (Å²) < 4.78 is 9.34. The Bertz CT molecular complexity index is 951. The van der Waals surface area contributed by atoms with Gasteiger partial charge in [-0.15, -0.1) is 10.2 Å². The third kappa shape index (κ3) is 4.07. The maximum absolute atomic E-state index is 12.2. The molecule has 3 rings (SSSR count). The standard InChI is InChI=1S/C18H25N7O2/c1-6-25-15(9-11(2)22-25)18-21-20-17(27-18)8-7-16(26)19-10-14-12(3)23-24(5)13(14)4/h9H,6-8,10H2,1-5H3,(H,19,26). The van der Waals surface area contributed by atoms with Crippen molar-refractivity contribution in [2.45, 2.75) is 53.6 Å².